The second-order valence-corrected chi connectivity index (χ2v) is 9.39. The zero-order valence-electron chi connectivity index (χ0n) is 13.4. The van der Waals surface area contributed by atoms with E-state index in [4.69, 9.17) is 0 Å². The van der Waals surface area contributed by atoms with E-state index < -0.39 is 10.0 Å². The summed E-state index contributed by atoms with van der Waals surface area (Å²) in [6, 6.07) is 5.86. The van der Waals surface area contributed by atoms with E-state index in [1.807, 2.05) is 0 Å². The molecule has 130 valence electrons. The zero-order chi connectivity index (χ0) is 17.7. The van der Waals surface area contributed by atoms with Crippen LogP contribution >= 0.6 is 23.1 Å². The summed E-state index contributed by atoms with van der Waals surface area (Å²) >= 11 is 2.69. The van der Waals surface area contributed by atoms with Crippen LogP contribution in [0.25, 0.3) is 0 Å². The van der Waals surface area contributed by atoms with Crippen molar-refractivity contribution in [1.82, 2.24) is 14.9 Å². The maximum atomic E-state index is 12.2. The van der Waals surface area contributed by atoms with Crippen LogP contribution in [0.5, 0.6) is 0 Å². The second kappa shape index (κ2) is 8.06. The van der Waals surface area contributed by atoms with Gasteiger partial charge in [0.05, 0.1) is 10.1 Å². The van der Waals surface area contributed by atoms with Crippen molar-refractivity contribution in [3.8, 4) is 0 Å². The highest BCUT2D eigenvalue weighted by molar-refractivity contribution is 8.02. The van der Waals surface area contributed by atoms with Crippen molar-refractivity contribution in [2.75, 3.05) is 5.32 Å². The predicted octanol–water partition coefficient (Wildman–Crippen LogP) is 2.34. The lowest BCUT2D eigenvalue weighted by Crippen LogP contribution is -2.30. The Bertz CT molecular complexity index is 774. The van der Waals surface area contributed by atoms with Gasteiger partial charge in [0.1, 0.15) is 5.51 Å². The molecule has 1 aromatic carbocycles. The monoisotopic (exact) mass is 386 g/mol. The maximum absolute atomic E-state index is 12.2. The lowest BCUT2D eigenvalue weighted by molar-refractivity contribution is -0.115. The fourth-order valence-electron chi connectivity index (χ4n) is 1.76. The minimum atomic E-state index is -3.54. The Labute approximate surface area is 149 Å². The molecule has 1 amide bonds. The van der Waals surface area contributed by atoms with Gasteiger partial charge in [-0.1, -0.05) is 23.1 Å². The van der Waals surface area contributed by atoms with Crippen molar-refractivity contribution in [3.63, 3.8) is 0 Å². The van der Waals surface area contributed by atoms with Crippen molar-refractivity contribution in [2.24, 2.45) is 0 Å². The first kappa shape index (κ1) is 18.8. The minimum Gasteiger partial charge on any atom is -0.325 e. The van der Waals surface area contributed by atoms with Crippen LogP contribution in [-0.2, 0) is 14.8 Å². The van der Waals surface area contributed by atoms with Crippen molar-refractivity contribution in [2.45, 2.75) is 41.3 Å². The molecule has 2 rings (SSSR count). The number of benzene rings is 1. The van der Waals surface area contributed by atoms with Crippen LogP contribution in [0.3, 0.4) is 0 Å². The van der Waals surface area contributed by atoms with Gasteiger partial charge >= 0.3 is 0 Å². The van der Waals surface area contributed by atoms with Gasteiger partial charge in [0.25, 0.3) is 0 Å². The standard InChI is InChI=1S/C14H18N4O3S3/c1-9(2)18-24(20,21)12-6-4-11(5-7-12)16-13(19)10(3)23-14-17-15-8-22-14/h4-10,18H,1-3H3,(H,16,19)/t10-/m0/s1. The van der Waals surface area contributed by atoms with Gasteiger partial charge in [0.2, 0.25) is 15.9 Å². The van der Waals surface area contributed by atoms with Gasteiger partial charge < -0.3 is 5.32 Å². The number of nitrogens with one attached hydrogen (secondary N) is 2. The first-order valence-electron chi connectivity index (χ1n) is 7.14. The summed E-state index contributed by atoms with van der Waals surface area (Å²) in [5.74, 6) is -0.189. The van der Waals surface area contributed by atoms with E-state index in [2.05, 4.69) is 20.2 Å². The van der Waals surface area contributed by atoms with Crippen molar-refractivity contribution in [1.29, 1.82) is 0 Å². The molecule has 10 heteroatoms. The summed E-state index contributed by atoms with van der Waals surface area (Å²) < 4.78 is 27.3. The molecule has 0 aliphatic carbocycles. The Hall–Kier alpha value is -1.49. The van der Waals surface area contributed by atoms with E-state index in [-0.39, 0.29) is 22.1 Å². The molecule has 2 N–H and O–H groups in total. The Morgan fingerprint density at radius 1 is 1.21 bits per heavy atom. The third-order valence-corrected chi connectivity index (χ3v) is 6.40. The fourth-order valence-corrected chi connectivity index (χ4v) is 4.64. The average molecular weight is 387 g/mol. The number of rotatable bonds is 7. The number of anilines is 1. The van der Waals surface area contributed by atoms with Crippen molar-refractivity contribution >= 4 is 44.7 Å². The van der Waals surface area contributed by atoms with Crippen LogP contribution in [0.15, 0.2) is 39.0 Å². The number of sulfonamides is 1. The molecule has 1 atom stereocenters. The normalized spacial score (nSPS) is 13.0. The third kappa shape index (κ3) is 5.26. The first-order chi connectivity index (χ1) is 11.3. The molecule has 0 unspecified atom stereocenters. The van der Waals surface area contributed by atoms with E-state index in [0.29, 0.717) is 5.69 Å². The molecule has 24 heavy (non-hydrogen) atoms. The number of aromatic nitrogens is 2. The van der Waals surface area contributed by atoms with Gasteiger partial charge in [-0.2, -0.15) is 0 Å². The van der Waals surface area contributed by atoms with Crippen LogP contribution in [0.2, 0.25) is 0 Å². The average Bonchev–Trinajstić information content (AvgIpc) is 2.99. The minimum absolute atomic E-state index is 0.158. The van der Waals surface area contributed by atoms with E-state index >= 15 is 0 Å². The number of thioether (sulfide) groups is 1. The number of hydrogen-bond acceptors (Lipinski definition) is 7. The summed E-state index contributed by atoms with van der Waals surface area (Å²) in [7, 11) is -3.54. The fraction of sp³-hybridized carbons (Fsp3) is 0.357. The van der Waals surface area contributed by atoms with Gasteiger partial charge in [0, 0.05) is 11.7 Å². The summed E-state index contributed by atoms with van der Waals surface area (Å²) in [4.78, 5) is 12.3. The van der Waals surface area contributed by atoms with Crippen LogP contribution in [-0.4, -0.2) is 35.8 Å². The summed E-state index contributed by atoms with van der Waals surface area (Å²) in [6.07, 6.45) is 0. The molecule has 1 aromatic heterocycles. The highest BCUT2D eigenvalue weighted by atomic mass is 32.2. The lowest BCUT2D eigenvalue weighted by Gasteiger charge is -2.12. The quantitative estimate of drug-likeness (QED) is 0.708. The molecule has 0 fully saturated rings. The number of carbonyl (C=O) groups is 1. The van der Waals surface area contributed by atoms with Crippen LogP contribution in [0.1, 0.15) is 20.8 Å². The van der Waals surface area contributed by atoms with Gasteiger partial charge in [-0.05, 0) is 45.0 Å². The maximum Gasteiger partial charge on any atom is 0.240 e. The SMILES string of the molecule is CC(C)NS(=O)(=O)c1ccc(NC(=O)[C@H](C)Sc2nncs2)cc1. The van der Waals surface area contributed by atoms with E-state index in [1.165, 1.54) is 35.2 Å². The molecule has 0 saturated carbocycles. The molecule has 0 radical (unpaired) electrons. The Morgan fingerprint density at radius 3 is 2.42 bits per heavy atom. The molecule has 1 heterocycles. The Balaban J connectivity index is 1.99. The van der Waals surface area contributed by atoms with E-state index in [0.717, 1.165) is 4.34 Å². The van der Waals surface area contributed by atoms with Crippen LogP contribution in [0, 0.1) is 0 Å². The summed E-state index contributed by atoms with van der Waals surface area (Å²) in [6.45, 7) is 5.28. The summed E-state index contributed by atoms with van der Waals surface area (Å²) in [5.41, 5.74) is 2.14. The number of nitrogens with zero attached hydrogens (tertiary/aromatic N) is 2. The molecular formula is C14H18N4O3S3. The Kier molecular flexibility index (Phi) is 6.33. The van der Waals surface area contributed by atoms with Gasteiger partial charge in [-0.25, -0.2) is 13.1 Å². The zero-order valence-corrected chi connectivity index (χ0v) is 15.8. The third-order valence-electron chi connectivity index (χ3n) is 2.81. The smallest absolute Gasteiger partial charge is 0.240 e. The topological polar surface area (TPSA) is 101 Å². The number of amides is 1. The highest BCUT2D eigenvalue weighted by Crippen LogP contribution is 2.25. The molecule has 0 bridgehead atoms. The van der Waals surface area contributed by atoms with Gasteiger partial charge in [0.15, 0.2) is 4.34 Å². The van der Waals surface area contributed by atoms with E-state index in [1.54, 1.807) is 38.4 Å². The second-order valence-electron chi connectivity index (χ2n) is 5.25. The predicted molar refractivity (Wildman–Crippen MR) is 95.8 cm³/mol. The lowest BCUT2D eigenvalue weighted by atomic mass is 10.3. The molecule has 0 saturated heterocycles. The number of carbonyl (C=O) groups excluding carboxylic acids is 1. The molecular weight excluding hydrogens is 368 g/mol. The number of hydrogen-bond donors (Lipinski definition) is 2. The molecule has 2 aromatic rings. The molecule has 0 aliphatic heterocycles. The van der Waals surface area contributed by atoms with Gasteiger partial charge in [-0.15, -0.1) is 10.2 Å². The van der Waals surface area contributed by atoms with Crippen LogP contribution in [0.4, 0.5) is 5.69 Å². The van der Waals surface area contributed by atoms with Crippen molar-refractivity contribution in [3.05, 3.63) is 29.8 Å². The largest absolute Gasteiger partial charge is 0.325 e. The molecule has 0 spiro atoms. The van der Waals surface area contributed by atoms with Crippen LogP contribution < -0.4 is 10.0 Å². The van der Waals surface area contributed by atoms with E-state index in [9.17, 15) is 13.2 Å². The van der Waals surface area contributed by atoms with Crippen molar-refractivity contribution < 1.29 is 13.2 Å². The van der Waals surface area contributed by atoms with Gasteiger partial charge in [-0.3, -0.25) is 4.79 Å². The molecule has 0 aliphatic rings. The highest BCUT2D eigenvalue weighted by Gasteiger charge is 2.18. The molecule has 7 nitrogen and oxygen atoms in total. The first-order valence-corrected chi connectivity index (χ1v) is 10.4. The Morgan fingerprint density at radius 2 is 1.88 bits per heavy atom. The summed E-state index contributed by atoms with van der Waals surface area (Å²) in [5, 5.41) is 10.0.